The number of benzene rings is 2. The fourth-order valence-corrected chi connectivity index (χ4v) is 2.53. The van der Waals surface area contributed by atoms with Gasteiger partial charge < -0.3 is 14.2 Å². The number of hydrazine groups is 1. The molecule has 150 valence electrons. The number of carbonyl (C=O) groups excluding carboxylic acids is 2. The van der Waals surface area contributed by atoms with Gasteiger partial charge in [0.2, 0.25) is 5.91 Å². The van der Waals surface area contributed by atoms with Gasteiger partial charge in [-0.25, -0.2) is 0 Å². The zero-order valence-corrected chi connectivity index (χ0v) is 16.7. The molecule has 2 aromatic rings. The lowest BCUT2D eigenvalue weighted by Crippen LogP contribution is -2.43. The number of nitrogens with one attached hydrogen (secondary N) is 2. The number of carbonyl (C=O) groups is 2. The zero-order valence-electron chi connectivity index (χ0n) is 15.2. The first-order valence-electron chi connectivity index (χ1n) is 8.40. The van der Waals surface area contributed by atoms with Crippen LogP contribution in [0.3, 0.4) is 0 Å². The van der Waals surface area contributed by atoms with Gasteiger partial charge in [0.25, 0.3) is 5.91 Å². The summed E-state index contributed by atoms with van der Waals surface area (Å²) < 4.78 is 15.8. The first kappa shape index (κ1) is 21.7. The minimum atomic E-state index is -0.478. The van der Waals surface area contributed by atoms with E-state index >= 15 is 0 Å². The van der Waals surface area contributed by atoms with Crippen LogP contribution in [0.1, 0.15) is 12.8 Å². The normalized spacial score (nSPS) is 10.1. The number of hydrogen-bond acceptors (Lipinski definition) is 5. The van der Waals surface area contributed by atoms with Crippen LogP contribution in [0.2, 0.25) is 10.0 Å². The van der Waals surface area contributed by atoms with E-state index in [0.29, 0.717) is 40.3 Å². The van der Waals surface area contributed by atoms with E-state index in [1.54, 1.807) is 49.6 Å². The Morgan fingerprint density at radius 1 is 0.929 bits per heavy atom. The van der Waals surface area contributed by atoms with E-state index in [9.17, 15) is 9.59 Å². The molecule has 7 nitrogen and oxygen atoms in total. The Morgan fingerprint density at radius 2 is 1.61 bits per heavy atom. The Kier molecular flexibility index (Phi) is 8.71. The summed E-state index contributed by atoms with van der Waals surface area (Å²) in [6.07, 6.45) is 0.619. The summed E-state index contributed by atoms with van der Waals surface area (Å²) in [7, 11) is 1.56. The van der Waals surface area contributed by atoms with Gasteiger partial charge in [-0.15, -0.1) is 0 Å². The van der Waals surface area contributed by atoms with Crippen LogP contribution in [0.5, 0.6) is 17.2 Å². The summed E-state index contributed by atoms with van der Waals surface area (Å²) in [5, 5.41) is 0.921. The van der Waals surface area contributed by atoms with E-state index in [1.807, 2.05) is 0 Å². The van der Waals surface area contributed by atoms with Crippen LogP contribution < -0.4 is 25.1 Å². The van der Waals surface area contributed by atoms with Gasteiger partial charge in [0, 0.05) is 11.4 Å². The molecular formula is C19H20Cl2N2O5. The van der Waals surface area contributed by atoms with E-state index in [1.165, 1.54) is 0 Å². The van der Waals surface area contributed by atoms with E-state index in [0.717, 1.165) is 0 Å². The van der Waals surface area contributed by atoms with E-state index in [2.05, 4.69) is 10.9 Å². The van der Waals surface area contributed by atoms with Crippen LogP contribution >= 0.6 is 23.2 Å². The second kappa shape index (κ2) is 11.3. The first-order valence-corrected chi connectivity index (χ1v) is 9.16. The molecule has 2 N–H and O–H groups in total. The molecule has 0 aliphatic carbocycles. The summed E-state index contributed by atoms with van der Waals surface area (Å²) >= 11 is 11.8. The SMILES string of the molecule is COc1ccc(OCC(=O)NNC(=O)CCCOc2ccc(Cl)cc2Cl)cc1. The van der Waals surface area contributed by atoms with Gasteiger partial charge in [0.05, 0.1) is 18.7 Å². The van der Waals surface area contributed by atoms with Gasteiger partial charge >= 0.3 is 0 Å². The number of rotatable bonds is 9. The maximum Gasteiger partial charge on any atom is 0.276 e. The van der Waals surface area contributed by atoms with Crippen molar-refractivity contribution in [2.24, 2.45) is 0 Å². The summed E-state index contributed by atoms with van der Waals surface area (Å²) in [6, 6.07) is 11.7. The lowest BCUT2D eigenvalue weighted by Gasteiger charge is -2.10. The second-order valence-electron chi connectivity index (χ2n) is 5.59. The number of ether oxygens (including phenoxy) is 3. The highest BCUT2D eigenvalue weighted by atomic mass is 35.5. The van der Waals surface area contributed by atoms with Crippen molar-refractivity contribution in [1.29, 1.82) is 0 Å². The molecule has 0 spiro atoms. The van der Waals surface area contributed by atoms with Crippen molar-refractivity contribution in [2.45, 2.75) is 12.8 Å². The van der Waals surface area contributed by atoms with Crippen LogP contribution in [0.15, 0.2) is 42.5 Å². The second-order valence-corrected chi connectivity index (χ2v) is 6.43. The first-order chi connectivity index (χ1) is 13.5. The van der Waals surface area contributed by atoms with Crippen LogP contribution in [0, 0.1) is 0 Å². The highest BCUT2D eigenvalue weighted by Gasteiger charge is 2.07. The molecule has 0 heterocycles. The van der Waals surface area contributed by atoms with Crippen molar-refractivity contribution in [3.05, 3.63) is 52.5 Å². The van der Waals surface area contributed by atoms with E-state index < -0.39 is 5.91 Å². The van der Waals surface area contributed by atoms with Crippen LogP contribution in [-0.2, 0) is 9.59 Å². The lowest BCUT2D eigenvalue weighted by molar-refractivity contribution is -0.130. The smallest absolute Gasteiger partial charge is 0.276 e. The predicted molar refractivity (Wildman–Crippen MR) is 106 cm³/mol. The minimum absolute atomic E-state index is 0.171. The molecule has 9 heteroatoms. The molecule has 0 saturated carbocycles. The van der Waals surface area contributed by atoms with Gasteiger partial charge in [0.1, 0.15) is 17.2 Å². The third-order valence-electron chi connectivity index (χ3n) is 3.47. The molecule has 0 bridgehead atoms. The maximum absolute atomic E-state index is 11.7. The zero-order chi connectivity index (χ0) is 20.4. The minimum Gasteiger partial charge on any atom is -0.497 e. The van der Waals surface area contributed by atoms with Crippen LogP contribution in [0.4, 0.5) is 0 Å². The fraction of sp³-hybridized carbons (Fsp3) is 0.263. The third-order valence-corrected chi connectivity index (χ3v) is 4.00. The summed E-state index contributed by atoms with van der Waals surface area (Å²) in [5.74, 6) is 0.874. The molecule has 2 amide bonds. The molecule has 2 rings (SSSR count). The van der Waals surface area contributed by atoms with E-state index in [4.69, 9.17) is 37.4 Å². The van der Waals surface area contributed by atoms with Gasteiger partial charge in [-0.2, -0.15) is 0 Å². The Bertz CT molecular complexity index is 799. The summed E-state index contributed by atoms with van der Waals surface area (Å²) in [6.45, 7) is 0.0636. The van der Waals surface area contributed by atoms with Crippen LogP contribution in [0.25, 0.3) is 0 Å². The number of methoxy groups -OCH3 is 1. The molecule has 0 radical (unpaired) electrons. The Hall–Kier alpha value is -2.64. The van der Waals surface area contributed by atoms with Crippen molar-refractivity contribution in [3.8, 4) is 17.2 Å². The quantitative estimate of drug-likeness (QED) is 0.474. The van der Waals surface area contributed by atoms with Crippen molar-refractivity contribution in [2.75, 3.05) is 20.3 Å². The molecular weight excluding hydrogens is 407 g/mol. The van der Waals surface area contributed by atoms with Gasteiger partial charge in [-0.05, 0) is 48.9 Å². The fourth-order valence-electron chi connectivity index (χ4n) is 2.07. The lowest BCUT2D eigenvalue weighted by atomic mass is 10.3. The molecule has 0 fully saturated rings. The average Bonchev–Trinajstić information content (AvgIpc) is 2.69. The Morgan fingerprint density at radius 3 is 2.29 bits per heavy atom. The van der Waals surface area contributed by atoms with Gasteiger partial charge in [0.15, 0.2) is 6.61 Å². The summed E-state index contributed by atoms with van der Waals surface area (Å²) in [5.41, 5.74) is 4.60. The highest BCUT2D eigenvalue weighted by molar-refractivity contribution is 6.35. The van der Waals surface area contributed by atoms with Crippen molar-refractivity contribution in [3.63, 3.8) is 0 Å². The monoisotopic (exact) mass is 426 g/mol. The molecule has 0 saturated heterocycles. The van der Waals surface area contributed by atoms with Gasteiger partial charge in [-0.3, -0.25) is 20.4 Å². The molecule has 0 atom stereocenters. The van der Waals surface area contributed by atoms with Crippen LogP contribution in [-0.4, -0.2) is 32.1 Å². The average molecular weight is 427 g/mol. The number of amides is 2. The topological polar surface area (TPSA) is 85.9 Å². The van der Waals surface area contributed by atoms with Crippen molar-refractivity contribution >= 4 is 35.0 Å². The molecule has 0 unspecified atom stereocenters. The standard InChI is InChI=1S/C19H20Cl2N2O5/c1-26-14-5-7-15(8-6-14)28-12-19(25)23-22-18(24)3-2-10-27-17-9-4-13(20)11-16(17)21/h4-9,11H,2-3,10,12H2,1H3,(H,22,24)(H,23,25). The molecule has 2 aromatic carbocycles. The highest BCUT2D eigenvalue weighted by Crippen LogP contribution is 2.27. The van der Waals surface area contributed by atoms with Crippen molar-refractivity contribution < 1.29 is 23.8 Å². The van der Waals surface area contributed by atoms with Crippen molar-refractivity contribution in [1.82, 2.24) is 10.9 Å². The van der Waals surface area contributed by atoms with E-state index in [-0.39, 0.29) is 18.9 Å². The molecule has 0 aliphatic rings. The molecule has 0 aliphatic heterocycles. The Labute approximate surface area is 172 Å². The number of hydrogen-bond donors (Lipinski definition) is 2. The van der Waals surface area contributed by atoms with Gasteiger partial charge in [-0.1, -0.05) is 23.2 Å². The number of halogens is 2. The summed E-state index contributed by atoms with van der Waals surface area (Å²) in [4.78, 5) is 23.4. The molecule has 0 aromatic heterocycles. The molecule has 28 heavy (non-hydrogen) atoms. The maximum atomic E-state index is 11.7. The third kappa shape index (κ3) is 7.54. The predicted octanol–water partition coefficient (Wildman–Crippen LogP) is 3.39. The largest absolute Gasteiger partial charge is 0.497 e. The Balaban J connectivity index is 1.58.